The minimum atomic E-state index is -2.02. The van der Waals surface area contributed by atoms with Crippen LogP contribution in [0.3, 0.4) is 0 Å². The summed E-state index contributed by atoms with van der Waals surface area (Å²) < 4.78 is 30.0. The second-order valence-electron chi connectivity index (χ2n) is 11.6. The van der Waals surface area contributed by atoms with Gasteiger partial charge in [0.15, 0.2) is 11.2 Å². The van der Waals surface area contributed by atoms with Crippen molar-refractivity contribution in [3.05, 3.63) is 89.3 Å². The second-order valence-corrected chi connectivity index (χ2v) is 11.6. The molecule has 3 N–H and O–H groups in total. The number of fused-ring (bicyclic) bond motifs is 3. The molecule has 46 heavy (non-hydrogen) atoms. The Morgan fingerprint density at radius 1 is 0.913 bits per heavy atom. The second kappa shape index (κ2) is 12.8. The van der Waals surface area contributed by atoms with Crippen LogP contribution in [0.5, 0.6) is 23.0 Å². The zero-order chi connectivity index (χ0) is 32.5. The van der Waals surface area contributed by atoms with E-state index in [1.165, 1.54) is 7.11 Å². The lowest BCUT2D eigenvalue weighted by molar-refractivity contribution is -0.151. The number of rotatable bonds is 13. The fourth-order valence-electron chi connectivity index (χ4n) is 7.26. The SMILES string of the molecule is CCN(CC)CCCNc1nnc([C@H]2[C@@H](O)[C@@]3(O)c4c(OC)cc(OC)cc4O[C@@]3(c3ccc(OC)cc3)[C@@H]2c2ccccc2)o1. The van der Waals surface area contributed by atoms with E-state index in [1.54, 1.807) is 26.4 Å². The monoisotopic (exact) mass is 630 g/mol. The molecule has 6 rings (SSSR count). The smallest absolute Gasteiger partial charge is 0.315 e. The van der Waals surface area contributed by atoms with Gasteiger partial charge in [0.1, 0.15) is 29.1 Å². The fourth-order valence-corrected chi connectivity index (χ4v) is 7.26. The van der Waals surface area contributed by atoms with Gasteiger partial charge in [-0.25, -0.2) is 0 Å². The predicted octanol–water partition coefficient (Wildman–Crippen LogP) is 4.66. The van der Waals surface area contributed by atoms with Gasteiger partial charge in [-0.1, -0.05) is 61.4 Å². The average Bonchev–Trinajstić information content (AvgIpc) is 3.72. The van der Waals surface area contributed by atoms with Crippen molar-refractivity contribution in [2.24, 2.45) is 0 Å². The number of methoxy groups -OCH3 is 3. The van der Waals surface area contributed by atoms with E-state index in [2.05, 4.69) is 34.3 Å². The van der Waals surface area contributed by atoms with E-state index in [0.29, 0.717) is 40.7 Å². The molecule has 0 spiro atoms. The van der Waals surface area contributed by atoms with Crippen LogP contribution in [0.15, 0.2) is 71.1 Å². The summed E-state index contributed by atoms with van der Waals surface area (Å²) in [5.74, 6) is 0.405. The number of nitrogens with zero attached hydrogens (tertiary/aromatic N) is 3. The number of hydrogen-bond donors (Lipinski definition) is 3. The largest absolute Gasteiger partial charge is 0.497 e. The molecule has 1 saturated carbocycles. The maximum absolute atomic E-state index is 13.2. The van der Waals surface area contributed by atoms with Crippen molar-refractivity contribution in [2.75, 3.05) is 52.8 Å². The summed E-state index contributed by atoms with van der Waals surface area (Å²) >= 11 is 0. The van der Waals surface area contributed by atoms with E-state index in [4.69, 9.17) is 23.4 Å². The molecule has 0 radical (unpaired) electrons. The highest BCUT2D eigenvalue weighted by atomic mass is 16.5. The van der Waals surface area contributed by atoms with Gasteiger partial charge in [-0.2, -0.15) is 0 Å². The lowest BCUT2D eigenvalue weighted by atomic mass is 9.70. The number of nitrogens with one attached hydrogen (secondary N) is 1. The van der Waals surface area contributed by atoms with Crippen LogP contribution in [0.4, 0.5) is 6.01 Å². The molecular formula is C35H42N4O7. The first kappa shape index (κ1) is 31.7. The van der Waals surface area contributed by atoms with Gasteiger partial charge < -0.3 is 43.8 Å². The molecule has 0 saturated heterocycles. The fraction of sp³-hybridized carbons (Fsp3) is 0.429. The topological polar surface area (TPSA) is 132 Å². The minimum Gasteiger partial charge on any atom is -0.497 e. The standard InChI is InChI=1S/C35H42N4O7/c1-6-39(7-2)19-11-18-36-33-38-37-32(45-33)28-29(22-12-9-8-10-13-22)35(23-14-16-24(42-3)17-15-23)34(41,31(28)40)30-26(44-5)20-25(43-4)21-27(30)46-35/h8-10,12-17,20-21,28-29,31,40-41H,6-7,11,18-19H2,1-5H3,(H,36,38)/t28-,29-,31-,34+,35+/m1/s1. The Balaban J connectivity index is 1.50. The molecule has 11 heteroatoms. The van der Waals surface area contributed by atoms with Gasteiger partial charge in [0.2, 0.25) is 5.89 Å². The van der Waals surface area contributed by atoms with E-state index in [1.807, 2.05) is 54.6 Å². The zero-order valence-electron chi connectivity index (χ0n) is 26.9. The molecule has 3 aromatic carbocycles. The van der Waals surface area contributed by atoms with Crippen molar-refractivity contribution >= 4 is 6.01 Å². The van der Waals surface area contributed by atoms with Gasteiger partial charge in [0.05, 0.1) is 32.8 Å². The summed E-state index contributed by atoms with van der Waals surface area (Å²) in [5, 5.41) is 37.6. The first-order valence-corrected chi connectivity index (χ1v) is 15.7. The third kappa shape index (κ3) is 4.94. The van der Waals surface area contributed by atoms with Gasteiger partial charge in [-0.3, -0.25) is 0 Å². The van der Waals surface area contributed by atoms with E-state index >= 15 is 0 Å². The molecule has 1 aliphatic carbocycles. The van der Waals surface area contributed by atoms with Crippen LogP contribution >= 0.6 is 0 Å². The molecule has 4 aromatic rings. The molecule has 244 valence electrons. The average molecular weight is 631 g/mol. The summed E-state index contributed by atoms with van der Waals surface area (Å²) in [5.41, 5.74) is -1.83. The molecule has 1 aromatic heterocycles. The maximum atomic E-state index is 13.2. The van der Waals surface area contributed by atoms with Crippen LogP contribution in [0.2, 0.25) is 0 Å². The lowest BCUT2D eigenvalue weighted by Crippen LogP contribution is -2.52. The van der Waals surface area contributed by atoms with Gasteiger partial charge >= 0.3 is 6.01 Å². The molecule has 2 aliphatic rings. The molecular weight excluding hydrogens is 588 g/mol. The van der Waals surface area contributed by atoms with E-state index in [9.17, 15) is 10.2 Å². The van der Waals surface area contributed by atoms with Crippen LogP contribution in [0, 0.1) is 0 Å². The number of anilines is 1. The molecule has 1 aliphatic heterocycles. The third-order valence-electron chi connectivity index (χ3n) is 9.50. The molecule has 2 heterocycles. The highest BCUT2D eigenvalue weighted by Crippen LogP contribution is 2.72. The van der Waals surface area contributed by atoms with Crippen molar-refractivity contribution < 1.29 is 33.6 Å². The molecule has 11 nitrogen and oxygen atoms in total. The summed E-state index contributed by atoms with van der Waals surface area (Å²) in [6, 6.07) is 20.6. The molecule has 0 bridgehead atoms. The van der Waals surface area contributed by atoms with Crippen molar-refractivity contribution in [2.45, 2.75) is 49.4 Å². The highest BCUT2D eigenvalue weighted by Gasteiger charge is 2.78. The number of aromatic nitrogens is 2. The Kier molecular flexibility index (Phi) is 8.82. The molecule has 1 fully saturated rings. The lowest BCUT2D eigenvalue weighted by Gasteiger charge is -2.40. The van der Waals surface area contributed by atoms with Gasteiger partial charge in [-0.05, 0) is 49.3 Å². The Morgan fingerprint density at radius 2 is 1.63 bits per heavy atom. The normalized spacial score (nSPS) is 24.7. The first-order valence-electron chi connectivity index (χ1n) is 15.7. The van der Waals surface area contributed by atoms with Crippen molar-refractivity contribution in [1.82, 2.24) is 15.1 Å². The highest BCUT2D eigenvalue weighted by molar-refractivity contribution is 5.63. The van der Waals surface area contributed by atoms with Crippen LogP contribution in [-0.2, 0) is 11.2 Å². The quantitative estimate of drug-likeness (QED) is 0.178. The number of aliphatic hydroxyl groups excluding tert-OH is 1. The Bertz CT molecular complexity index is 1630. The van der Waals surface area contributed by atoms with E-state index < -0.39 is 29.1 Å². The van der Waals surface area contributed by atoms with Crippen LogP contribution < -0.4 is 24.3 Å². The van der Waals surface area contributed by atoms with Crippen molar-refractivity contribution in [3.8, 4) is 23.0 Å². The molecule has 5 atom stereocenters. The first-order chi connectivity index (χ1) is 22.4. The Morgan fingerprint density at radius 3 is 2.28 bits per heavy atom. The van der Waals surface area contributed by atoms with Crippen LogP contribution in [0.1, 0.15) is 54.7 Å². The Labute approximate surface area is 269 Å². The van der Waals surface area contributed by atoms with Crippen LogP contribution in [0.25, 0.3) is 0 Å². The number of hydrogen-bond acceptors (Lipinski definition) is 11. The number of ether oxygens (including phenoxy) is 4. The summed E-state index contributed by atoms with van der Waals surface area (Å²) in [4.78, 5) is 2.35. The van der Waals surface area contributed by atoms with Gasteiger partial charge in [-0.15, -0.1) is 5.10 Å². The third-order valence-corrected chi connectivity index (χ3v) is 9.50. The summed E-state index contributed by atoms with van der Waals surface area (Å²) in [6.07, 6.45) is -0.564. The van der Waals surface area contributed by atoms with Gasteiger partial charge in [0.25, 0.3) is 0 Å². The minimum absolute atomic E-state index is 0.181. The van der Waals surface area contributed by atoms with Gasteiger partial charge in [0, 0.05) is 24.6 Å². The van der Waals surface area contributed by atoms with E-state index in [-0.39, 0.29) is 11.9 Å². The predicted molar refractivity (Wildman–Crippen MR) is 172 cm³/mol. The number of benzene rings is 3. The Hall–Kier alpha value is -4.32. The maximum Gasteiger partial charge on any atom is 0.315 e. The van der Waals surface area contributed by atoms with Crippen molar-refractivity contribution in [1.29, 1.82) is 0 Å². The van der Waals surface area contributed by atoms with Crippen molar-refractivity contribution in [3.63, 3.8) is 0 Å². The molecule has 0 unspecified atom stereocenters. The number of aliphatic hydroxyl groups is 2. The van der Waals surface area contributed by atoms with Crippen LogP contribution in [-0.4, -0.2) is 78.9 Å². The summed E-state index contributed by atoms with van der Waals surface area (Å²) in [7, 11) is 4.65. The summed E-state index contributed by atoms with van der Waals surface area (Å²) in [6.45, 7) is 7.86. The van der Waals surface area contributed by atoms with E-state index in [0.717, 1.165) is 31.6 Å². The molecule has 0 amide bonds. The zero-order valence-corrected chi connectivity index (χ0v) is 26.9.